The number of piperidine rings is 1. The molecule has 33 heavy (non-hydrogen) atoms. The van der Waals surface area contributed by atoms with Gasteiger partial charge in [0, 0.05) is 31.7 Å². The minimum atomic E-state index is -0.516. The van der Waals surface area contributed by atoms with E-state index in [0.29, 0.717) is 30.4 Å². The van der Waals surface area contributed by atoms with E-state index in [1.807, 2.05) is 6.92 Å². The van der Waals surface area contributed by atoms with Crippen molar-refractivity contribution in [1.29, 1.82) is 0 Å². The zero-order chi connectivity index (χ0) is 23.4. The normalized spacial score (nSPS) is 27.7. The van der Waals surface area contributed by atoms with Gasteiger partial charge < -0.3 is 24.4 Å². The first-order chi connectivity index (χ1) is 16.0. The fourth-order valence-electron chi connectivity index (χ4n) is 5.50. The van der Waals surface area contributed by atoms with Gasteiger partial charge in [0.1, 0.15) is 0 Å². The molecule has 3 aliphatic rings. The van der Waals surface area contributed by atoms with E-state index >= 15 is 0 Å². The molecule has 1 aliphatic carbocycles. The number of pyridine rings is 1. The van der Waals surface area contributed by atoms with E-state index in [1.165, 1.54) is 0 Å². The Morgan fingerprint density at radius 1 is 1.27 bits per heavy atom. The Bertz CT molecular complexity index is 857. The summed E-state index contributed by atoms with van der Waals surface area (Å²) in [4.78, 5) is 34.3. The van der Waals surface area contributed by atoms with Crippen LogP contribution in [0.3, 0.4) is 0 Å². The smallest absolute Gasteiger partial charge is 0.411 e. The van der Waals surface area contributed by atoms with Crippen LogP contribution in [0, 0.1) is 5.41 Å². The number of nitrogens with zero attached hydrogens (tertiary/aromatic N) is 3. The molecule has 9 heteroatoms. The predicted octanol–water partition coefficient (Wildman–Crippen LogP) is 3.17. The first-order valence-corrected chi connectivity index (χ1v) is 12.2. The maximum absolute atomic E-state index is 13.6. The molecule has 0 radical (unpaired) electrons. The molecule has 182 valence electrons. The van der Waals surface area contributed by atoms with Crippen LogP contribution in [0.25, 0.3) is 0 Å². The van der Waals surface area contributed by atoms with Gasteiger partial charge in [-0.25, -0.2) is 9.78 Å². The molecule has 1 spiro atoms. The van der Waals surface area contributed by atoms with Gasteiger partial charge in [0.05, 0.1) is 37.1 Å². The average molecular weight is 461 g/mol. The van der Waals surface area contributed by atoms with E-state index in [1.54, 1.807) is 19.4 Å². The Morgan fingerprint density at radius 3 is 2.79 bits per heavy atom. The van der Waals surface area contributed by atoms with Crippen molar-refractivity contribution in [3.63, 3.8) is 0 Å². The molecule has 0 unspecified atom stereocenters. The van der Waals surface area contributed by atoms with E-state index in [4.69, 9.17) is 9.47 Å². The maximum Gasteiger partial charge on any atom is 0.411 e. The molecule has 2 saturated heterocycles. The van der Waals surface area contributed by atoms with Crippen molar-refractivity contribution >= 4 is 23.5 Å². The maximum atomic E-state index is 13.6. The SMILES string of the molecule is CCCOC(=O)Nc1cnc(N2CCC[C@]3(CCN([C@H]4CC[C@@H](O)CC4)C3=O)C2)c(OC)c1. The summed E-state index contributed by atoms with van der Waals surface area (Å²) < 4.78 is 10.7. The lowest BCUT2D eigenvalue weighted by atomic mass is 9.78. The topological polar surface area (TPSA) is 104 Å². The molecule has 0 aromatic carbocycles. The molecule has 2 aliphatic heterocycles. The van der Waals surface area contributed by atoms with Crippen LogP contribution >= 0.6 is 0 Å². The van der Waals surface area contributed by atoms with Gasteiger partial charge in [0.25, 0.3) is 0 Å². The van der Waals surface area contributed by atoms with Gasteiger partial charge in [-0.3, -0.25) is 10.1 Å². The summed E-state index contributed by atoms with van der Waals surface area (Å²) in [6.07, 6.45) is 7.60. The third-order valence-electron chi connectivity index (χ3n) is 7.27. The van der Waals surface area contributed by atoms with Gasteiger partial charge in [-0.15, -0.1) is 0 Å². The van der Waals surface area contributed by atoms with E-state index < -0.39 is 6.09 Å². The van der Waals surface area contributed by atoms with E-state index in [-0.39, 0.29) is 23.5 Å². The molecule has 1 atom stereocenters. The van der Waals surface area contributed by atoms with Crippen LogP contribution in [-0.4, -0.2) is 72.5 Å². The molecule has 9 nitrogen and oxygen atoms in total. The van der Waals surface area contributed by atoms with Gasteiger partial charge >= 0.3 is 6.09 Å². The van der Waals surface area contributed by atoms with Gasteiger partial charge in [0.15, 0.2) is 11.6 Å². The lowest BCUT2D eigenvalue weighted by Crippen LogP contribution is -2.50. The van der Waals surface area contributed by atoms with E-state index in [0.717, 1.165) is 64.5 Å². The van der Waals surface area contributed by atoms with E-state index in [2.05, 4.69) is 20.1 Å². The third-order valence-corrected chi connectivity index (χ3v) is 7.27. The Balaban J connectivity index is 1.46. The molecule has 0 bridgehead atoms. The number of amides is 2. The fraction of sp³-hybridized carbons (Fsp3) is 0.708. The first kappa shape index (κ1) is 23.6. The number of likely N-dealkylation sites (tertiary alicyclic amines) is 1. The molecular formula is C24H36N4O5. The van der Waals surface area contributed by atoms with Crippen LogP contribution in [0.1, 0.15) is 58.3 Å². The van der Waals surface area contributed by atoms with Crippen LogP contribution in [-0.2, 0) is 9.53 Å². The summed E-state index contributed by atoms with van der Waals surface area (Å²) in [5.74, 6) is 1.50. The number of nitrogens with one attached hydrogen (secondary N) is 1. The Labute approximate surface area is 195 Å². The molecular weight excluding hydrogens is 424 g/mol. The summed E-state index contributed by atoms with van der Waals surface area (Å²) >= 11 is 0. The monoisotopic (exact) mass is 460 g/mol. The van der Waals surface area contributed by atoms with Crippen molar-refractivity contribution < 1.29 is 24.2 Å². The summed E-state index contributed by atoms with van der Waals surface area (Å²) in [5.41, 5.74) is 0.119. The minimum absolute atomic E-state index is 0.220. The number of rotatable bonds is 6. The standard InChI is InChI=1S/C24H36N4O5/c1-3-13-33-23(31)26-17-14-20(32-2)21(25-15-17)27-11-4-9-24(16-27)10-12-28(22(24)30)18-5-7-19(29)8-6-18/h14-15,18-19,29H,3-13,16H2,1-2H3,(H,26,31)/t18-,19+,24-/m0/s1. The molecule has 2 amide bonds. The van der Waals surface area contributed by atoms with Crippen molar-refractivity contribution in [2.45, 2.75) is 70.4 Å². The van der Waals surface area contributed by atoms with Gasteiger partial charge in [-0.2, -0.15) is 0 Å². The Hall–Kier alpha value is -2.55. The van der Waals surface area contributed by atoms with E-state index in [9.17, 15) is 14.7 Å². The van der Waals surface area contributed by atoms with Gasteiger partial charge in [0.2, 0.25) is 5.91 Å². The molecule has 1 aromatic rings. The van der Waals surface area contributed by atoms with Crippen LogP contribution in [0.15, 0.2) is 12.3 Å². The molecule has 3 fully saturated rings. The third kappa shape index (κ3) is 5.03. The zero-order valence-corrected chi connectivity index (χ0v) is 19.7. The van der Waals surface area contributed by atoms with Gasteiger partial charge in [-0.05, 0) is 51.4 Å². The number of anilines is 2. The Kier molecular flexibility index (Phi) is 7.26. The van der Waals surface area contributed by atoms with Crippen LogP contribution in [0.2, 0.25) is 0 Å². The average Bonchev–Trinajstić information content (AvgIpc) is 3.13. The zero-order valence-electron chi connectivity index (χ0n) is 19.7. The molecule has 1 aromatic heterocycles. The van der Waals surface area contributed by atoms with Crippen molar-refractivity contribution in [2.75, 3.05) is 43.6 Å². The largest absolute Gasteiger partial charge is 0.493 e. The number of methoxy groups -OCH3 is 1. The van der Waals surface area contributed by atoms with Crippen molar-refractivity contribution in [3.05, 3.63) is 12.3 Å². The van der Waals surface area contributed by atoms with Crippen LogP contribution in [0.5, 0.6) is 5.75 Å². The van der Waals surface area contributed by atoms with Crippen LogP contribution < -0.4 is 15.0 Å². The van der Waals surface area contributed by atoms with Crippen molar-refractivity contribution in [2.24, 2.45) is 5.41 Å². The quantitative estimate of drug-likeness (QED) is 0.672. The fourth-order valence-corrected chi connectivity index (χ4v) is 5.50. The van der Waals surface area contributed by atoms with Gasteiger partial charge in [-0.1, -0.05) is 6.92 Å². The molecule has 1 saturated carbocycles. The highest BCUT2D eigenvalue weighted by Gasteiger charge is 2.51. The lowest BCUT2D eigenvalue weighted by Gasteiger charge is -2.41. The number of aliphatic hydroxyl groups excluding tert-OH is 1. The van der Waals surface area contributed by atoms with Crippen molar-refractivity contribution in [3.8, 4) is 5.75 Å². The number of hydrogen-bond donors (Lipinski definition) is 2. The Morgan fingerprint density at radius 2 is 2.06 bits per heavy atom. The number of aromatic nitrogens is 1. The summed E-state index contributed by atoms with van der Waals surface area (Å²) in [5, 5.41) is 12.5. The summed E-state index contributed by atoms with van der Waals surface area (Å²) in [6, 6.07) is 1.99. The number of aliphatic hydroxyl groups is 1. The molecule has 3 heterocycles. The highest BCUT2D eigenvalue weighted by Crippen LogP contribution is 2.44. The highest BCUT2D eigenvalue weighted by molar-refractivity contribution is 5.87. The second kappa shape index (κ2) is 10.2. The second-order valence-corrected chi connectivity index (χ2v) is 9.53. The van der Waals surface area contributed by atoms with Crippen molar-refractivity contribution in [1.82, 2.24) is 9.88 Å². The number of ether oxygens (including phenoxy) is 2. The molecule has 2 N–H and O–H groups in total. The highest BCUT2D eigenvalue weighted by atomic mass is 16.5. The lowest BCUT2D eigenvalue weighted by molar-refractivity contribution is -0.139. The first-order valence-electron chi connectivity index (χ1n) is 12.2. The van der Waals surface area contributed by atoms with Crippen LogP contribution in [0.4, 0.5) is 16.3 Å². The summed E-state index contributed by atoms with van der Waals surface area (Å²) in [6.45, 7) is 4.51. The minimum Gasteiger partial charge on any atom is -0.493 e. The number of hydrogen-bond acceptors (Lipinski definition) is 7. The number of carbonyl (C=O) groups is 2. The summed E-state index contributed by atoms with van der Waals surface area (Å²) in [7, 11) is 1.58. The number of carbonyl (C=O) groups excluding carboxylic acids is 2. The predicted molar refractivity (Wildman–Crippen MR) is 125 cm³/mol. The second-order valence-electron chi connectivity index (χ2n) is 9.53. The molecule has 4 rings (SSSR count).